The molecule has 124 valence electrons. The van der Waals surface area contributed by atoms with Gasteiger partial charge >= 0.3 is 0 Å². The van der Waals surface area contributed by atoms with Crippen LogP contribution in [-0.2, 0) is 0 Å². The summed E-state index contributed by atoms with van der Waals surface area (Å²) >= 11 is 0. The van der Waals surface area contributed by atoms with Crippen LogP contribution in [0.3, 0.4) is 0 Å². The minimum Gasteiger partial charge on any atom is -0.468 e. The molecule has 0 bridgehead atoms. The Kier molecular flexibility index (Phi) is 4.62. The minimum absolute atomic E-state index is 0.0156. The highest BCUT2D eigenvalue weighted by atomic mass is 16.3. The SMILES string of the molecule is Cc1cc(C(=O)NCC(c2ccco2)N(C)C)c2ccccc2n1. The highest BCUT2D eigenvalue weighted by Gasteiger charge is 2.19. The van der Waals surface area contributed by atoms with Crippen LogP contribution >= 0.6 is 0 Å². The summed E-state index contributed by atoms with van der Waals surface area (Å²) < 4.78 is 5.48. The fourth-order valence-electron chi connectivity index (χ4n) is 2.80. The van der Waals surface area contributed by atoms with E-state index in [2.05, 4.69) is 10.3 Å². The van der Waals surface area contributed by atoms with Gasteiger partial charge in [0.2, 0.25) is 0 Å². The molecule has 5 heteroatoms. The largest absolute Gasteiger partial charge is 0.468 e. The van der Waals surface area contributed by atoms with E-state index in [1.165, 1.54) is 0 Å². The molecule has 2 heterocycles. The van der Waals surface area contributed by atoms with E-state index in [-0.39, 0.29) is 11.9 Å². The van der Waals surface area contributed by atoms with Gasteiger partial charge in [-0.3, -0.25) is 14.7 Å². The molecular weight excluding hydrogens is 302 g/mol. The Labute approximate surface area is 141 Å². The van der Waals surface area contributed by atoms with Gasteiger partial charge in [0.15, 0.2) is 0 Å². The van der Waals surface area contributed by atoms with Crippen LogP contribution in [0.1, 0.15) is 27.9 Å². The molecule has 24 heavy (non-hydrogen) atoms. The first-order valence-corrected chi connectivity index (χ1v) is 7.90. The van der Waals surface area contributed by atoms with Crippen molar-refractivity contribution in [2.75, 3.05) is 20.6 Å². The Morgan fingerprint density at radius 1 is 1.25 bits per heavy atom. The van der Waals surface area contributed by atoms with Gasteiger partial charge in [-0.25, -0.2) is 0 Å². The van der Waals surface area contributed by atoms with E-state index < -0.39 is 0 Å². The molecule has 0 aliphatic rings. The van der Waals surface area contributed by atoms with Crippen LogP contribution in [0.5, 0.6) is 0 Å². The van der Waals surface area contributed by atoms with Gasteiger partial charge in [0, 0.05) is 17.6 Å². The number of nitrogens with one attached hydrogen (secondary N) is 1. The van der Waals surface area contributed by atoms with Gasteiger partial charge in [-0.05, 0) is 45.3 Å². The number of benzene rings is 1. The highest BCUT2D eigenvalue weighted by Crippen LogP contribution is 2.20. The van der Waals surface area contributed by atoms with Crippen LogP contribution in [0.2, 0.25) is 0 Å². The molecule has 1 N–H and O–H groups in total. The maximum absolute atomic E-state index is 12.7. The molecule has 1 aromatic carbocycles. The number of likely N-dealkylation sites (N-methyl/N-ethyl adjacent to an activating group) is 1. The first-order valence-electron chi connectivity index (χ1n) is 7.90. The van der Waals surface area contributed by atoms with Gasteiger partial charge in [0.25, 0.3) is 5.91 Å². The number of aromatic nitrogens is 1. The van der Waals surface area contributed by atoms with Gasteiger partial charge in [0.05, 0.1) is 23.4 Å². The number of hydrogen-bond acceptors (Lipinski definition) is 4. The predicted molar refractivity (Wildman–Crippen MR) is 93.9 cm³/mol. The second kappa shape index (κ2) is 6.84. The molecule has 1 atom stereocenters. The zero-order valence-corrected chi connectivity index (χ0v) is 14.1. The number of carbonyl (C=O) groups excluding carboxylic acids is 1. The second-order valence-corrected chi connectivity index (χ2v) is 6.03. The molecule has 3 rings (SSSR count). The Morgan fingerprint density at radius 2 is 2.04 bits per heavy atom. The first kappa shape index (κ1) is 16.2. The topological polar surface area (TPSA) is 58.4 Å². The molecule has 0 spiro atoms. The number of nitrogens with zero attached hydrogens (tertiary/aromatic N) is 2. The van der Waals surface area contributed by atoms with Crippen LogP contribution in [0.15, 0.2) is 53.1 Å². The summed E-state index contributed by atoms with van der Waals surface area (Å²) in [7, 11) is 3.93. The highest BCUT2D eigenvalue weighted by molar-refractivity contribution is 6.06. The molecular formula is C19H21N3O2. The molecule has 0 radical (unpaired) electrons. The summed E-state index contributed by atoms with van der Waals surface area (Å²) in [6, 6.07) is 13.3. The molecule has 1 unspecified atom stereocenters. The molecule has 2 aromatic heterocycles. The van der Waals surface area contributed by atoms with Crippen molar-refractivity contribution in [3.63, 3.8) is 0 Å². The number of hydrogen-bond donors (Lipinski definition) is 1. The number of pyridine rings is 1. The summed E-state index contributed by atoms with van der Waals surface area (Å²) in [5.41, 5.74) is 2.31. The maximum Gasteiger partial charge on any atom is 0.252 e. The average molecular weight is 323 g/mol. The second-order valence-electron chi connectivity index (χ2n) is 6.03. The van der Waals surface area contributed by atoms with Crippen molar-refractivity contribution in [1.29, 1.82) is 0 Å². The maximum atomic E-state index is 12.7. The molecule has 5 nitrogen and oxygen atoms in total. The van der Waals surface area contributed by atoms with E-state index in [0.29, 0.717) is 12.1 Å². The zero-order chi connectivity index (χ0) is 17.1. The molecule has 0 saturated carbocycles. The van der Waals surface area contributed by atoms with E-state index in [4.69, 9.17) is 4.42 Å². The smallest absolute Gasteiger partial charge is 0.252 e. The lowest BCUT2D eigenvalue weighted by atomic mass is 10.1. The summed E-state index contributed by atoms with van der Waals surface area (Å²) in [6.07, 6.45) is 1.65. The van der Waals surface area contributed by atoms with Crippen molar-refractivity contribution in [3.8, 4) is 0 Å². The summed E-state index contributed by atoms with van der Waals surface area (Å²) in [5.74, 6) is 0.728. The molecule has 1 amide bonds. The van der Waals surface area contributed by atoms with Crippen LogP contribution in [0.4, 0.5) is 0 Å². The lowest BCUT2D eigenvalue weighted by Gasteiger charge is -2.22. The van der Waals surface area contributed by atoms with Crippen molar-refractivity contribution in [1.82, 2.24) is 15.2 Å². The third-order valence-electron chi connectivity index (χ3n) is 4.04. The monoisotopic (exact) mass is 323 g/mol. The lowest BCUT2D eigenvalue weighted by molar-refractivity contribution is 0.0940. The Bertz CT molecular complexity index is 841. The van der Waals surface area contributed by atoms with Crippen molar-refractivity contribution in [2.24, 2.45) is 0 Å². The summed E-state index contributed by atoms with van der Waals surface area (Å²) in [6.45, 7) is 2.36. The lowest BCUT2D eigenvalue weighted by Crippen LogP contribution is -2.34. The molecule has 3 aromatic rings. The normalized spacial score (nSPS) is 12.5. The van der Waals surface area contributed by atoms with E-state index in [1.54, 1.807) is 6.26 Å². The molecule has 0 saturated heterocycles. The molecule has 0 aliphatic heterocycles. The van der Waals surface area contributed by atoms with Crippen molar-refractivity contribution < 1.29 is 9.21 Å². The van der Waals surface area contributed by atoms with Crippen LogP contribution in [0, 0.1) is 6.92 Å². The van der Waals surface area contributed by atoms with Gasteiger partial charge in [-0.2, -0.15) is 0 Å². The number of aryl methyl sites for hydroxylation is 1. The van der Waals surface area contributed by atoms with Gasteiger partial charge < -0.3 is 9.73 Å². The van der Waals surface area contributed by atoms with Gasteiger partial charge in [-0.1, -0.05) is 18.2 Å². The molecule has 0 aliphatic carbocycles. The predicted octanol–water partition coefficient (Wildman–Crippen LogP) is 3.17. The van der Waals surface area contributed by atoms with Crippen molar-refractivity contribution in [3.05, 3.63) is 65.7 Å². The fraction of sp³-hybridized carbons (Fsp3) is 0.263. The van der Waals surface area contributed by atoms with Gasteiger partial charge in [0.1, 0.15) is 5.76 Å². The van der Waals surface area contributed by atoms with Gasteiger partial charge in [-0.15, -0.1) is 0 Å². The quantitative estimate of drug-likeness (QED) is 0.783. The number of fused-ring (bicyclic) bond motifs is 1. The van der Waals surface area contributed by atoms with Crippen molar-refractivity contribution in [2.45, 2.75) is 13.0 Å². The van der Waals surface area contributed by atoms with E-state index >= 15 is 0 Å². The van der Waals surface area contributed by atoms with E-state index in [1.807, 2.05) is 68.4 Å². The number of carbonyl (C=O) groups is 1. The number of furan rings is 1. The van der Waals surface area contributed by atoms with Crippen LogP contribution in [0.25, 0.3) is 10.9 Å². The standard InChI is InChI=1S/C19H21N3O2/c1-13-11-15(14-7-4-5-8-16(14)21-13)19(23)20-12-17(22(2)3)18-9-6-10-24-18/h4-11,17H,12H2,1-3H3,(H,20,23). The van der Waals surface area contributed by atoms with E-state index in [0.717, 1.165) is 22.4 Å². The van der Waals surface area contributed by atoms with Crippen LogP contribution < -0.4 is 5.32 Å². The van der Waals surface area contributed by atoms with Crippen LogP contribution in [-0.4, -0.2) is 36.4 Å². The Hall–Kier alpha value is -2.66. The zero-order valence-electron chi connectivity index (χ0n) is 14.1. The first-order chi connectivity index (χ1) is 11.6. The third-order valence-corrected chi connectivity index (χ3v) is 4.04. The Morgan fingerprint density at radius 3 is 2.75 bits per heavy atom. The minimum atomic E-state index is -0.102. The Balaban J connectivity index is 1.83. The fourth-order valence-corrected chi connectivity index (χ4v) is 2.80. The summed E-state index contributed by atoms with van der Waals surface area (Å²) in [4.78, 5) is 19.2. The van der Waals surface area contributed by atoms with Crippen molar-refractivity contribution >= 4 is 16.8 Å². The summed E-state index contributed by atoms with van der Waals surface area (Å²) in [5, 5.41) is 3.88. The molecule has 0 fully saturated rings. The van der Waals surface area contributed by atoms with E-state index in [9.17, 15) is 4.79 Å². The average Bonchev–Trinajstić information content (AvgIpc) is 3.07. The third kappa shape index (κ3) is 3.31. The number of rotatable bonds is 5. The number of amides is 1. The number of para-hydroxylation sites is 1.